The van der Waals surface area contributed by atoms with E-state index in [1.165, 1.54) is 0 Å². The average Bonchev–Trinajstić information content (AvgIpc) is 2.47. The topological polar surface area (TPSA) is 62.1 Å². The molecule has 5 heteroatoms. The SMILES string of the molecule is N#CCC(=O)Nc1cccc(COc2ccc(Cl)cc2)c1. The molecular formula is C16H13ClN2O2. The molecule has 106 valence electrons. The van der Waals surface area contributed by atoms with E-state index in [0.717, 1.165) is 11.3 Å². The lowest BCUT2D eigenvalue weighted by Crippen LogP contribution is -2.10. The molecule has 21 heavy (non-hydrogen) atoms. The van der Waals surface area contributed by atoms with Crippen molar-refractivity contribution < 1.29 is 9.53 Å². The molecule has 0 unspecified atom stereocenters. The molecule has 0 fully saturated rings. The van der Waals surface area contributed by atoms with Crippen LogP contribution in [0, 0.1) is 11.3 Å². The van der Waals surface area contributed by atoms with Gasteiger partial charge in [0, 0.05) is 10.7 Å². The van der Waals surface area contributed by atoms with Crippen LogP contribution in [0.1, 0.15) is 12.0 Å². The Morgan fingerprint density at radius 3 is 2.71 bits per heavy atom. The highest BCUT2D eigenvalue weighted by Gasteiger charge is 2.02. The lowest BCUT2D eigenvalue weighted by molar-refractivity contribution is -0.115. The van der Waals surface area contributed by atoms with Gasteiger partial charge in [0.05, 0.1) is 6.07 Å². The van der Waals surface area contributed by atoms with Crippen LogP contribution in [0.5, 0.6) is 5.75 Å². The van der Waals surface area contributed by atoms with Gasteiger partial charge in [0.2, 0.25) is 5.91 Å². The summed E-state index contributed by atoms with van der Waals surface area (Å²) in [6, 6.07) is 16.2. The largest absolute Gasteiger partial charge is 0.489 e. The van der Waals surface area contributed by atoms with Crippen LogP contribution in [-0.4, -0.2) is 5.91 Å². The zero-order chi connectivity index (χ0) is 15.1. The molecule has 0 aliphatic carbocycles. The van der Waals surface area contributed by atoms with E-state index in [2.05, 4.69) is 5.32 Å². The maximum Gasteiger partial charge on any atom is 0.238 e. The maximum atomic E-state index is 11.4. The molecule has 0 saturated heterocycles. The molecule has 0 saturated carbocycles. The maximum absolute atomic E-state index is 11.4. The summed E-state index contributed by atoms with van der Waals surface area (Å²) in [5, 5.41) is 11.8. The predicted octanol–water partition coefficient (Wildman–Crippen LogP) is 3.77. The molecule has 2 rings (SSSR count). The average molecular weight is 301 g/mol. The van der Waals surface area contributed by atoms with Crippen LogP contribution < -0.4 is 10.1 Å². The number of carbonyl (C=O) groups is 1. The van der Waals surface area contributed by atoms with Crippen LogP contribution in [0.4, 0.5) is 5.69 Å². The third kappa shape index (κ3) is 4.83. The van der Waals surface area contributed by atoms with Crippen molar-refractivity contribution >= 4 is 23.2 Å². The van der Waals surface area contributed by atoms with Gasteiger partial charge < -0.3 is 10.1 Å². The Hall–Kier alpha value is -2.51. The Morgan fingerprint density at radius 1 is 1.24 bits per heavy atom. The summed E-state index contributed by atoms with van der Waals surface area (Å²) in [4.78, 5) is 11.4. The van der Waals surface area contributed by atoms with Crippen molar-refractivity contribution in [3.8, 4) is 11.8 Å². The van der Waals surface area contributed by atoms with Gasteiger partial charge in [-0.2, -0.15) is 5.26 Å². The molecule has 1 N–H and O–H groups in total. The Kier molecular flexibility index (Phi) is 5.19. The fourth-order valence-corrected chi connectivity index (χ4v) is 1.84. The number of ether oxygens (including phenoxy) is 1. The van der Waals surface area contributed by atoms with Crippen molar-refractivity contribution in [2.45, 2.75) is 13.0 Å². The van der Waals surface area contributed by atoms with Crippen molar-refractivity contribution in [2.24, 2.45) is 0 Å². The summed E-state index contributed by atoms with van der Waals surface area (Å²) < 4.78 is 5.63. The Labute approximate surface area is 127 Å². The van der Waals surface area contributed by atoms with E-state index in [1.807, 2.05) is 18.2 Å². The number of hydrogen-bond donors (Lipinski definition) is 1. The van der Waals surface area contributed by atoms with E-state index in [9.17, 15) is 4.79 Å². The quantitative estimate of drug-likeness (QED) is 0.914. The van der Waals surface area contributed by atoms with Gasteiger partial charge >= 0.3 is 0 Å². The number of hydrogen-bond acceptors (Lipinski definition) is 3. The minimum Gasteiger partial charge on any atom is -0.489 e. The summed E-state index contributed by atoms with van der Waals surface area (Å²) in [6.45, 7) is 0.379. The predicted molar refractivity (Wildman–Crippen MR) is 81.1 cm³/mol. The minimum atomic E-state index is -0.326. The van der Waals surface area contributed by atoms with Crippen molar-refractivity contribution in [3.05, 3.63) is 59.1 Å². The lowest BCUT2D eigenvalue weighted by atomic mass is 10.2. The second-order valence-corrected chi connectivity index (χ2v) is 4.76. The summed E-state index contributed by atoms with van der Waals surface area (Å²) in [5.41, 5.74) is 1.56. The van der Waals surface area contributed by atoms with Crippen molar-refractivity contribution in [1.29, 1.82) is 5.26 Å². The van der Waals surface area contributed by atoms with Crippen LogP contribution in [0.25, 0.3) is 0 Å². The summed E-state index contributed by atoms with van der Waals surface area (Å²) >= 11 is 5.81. The molecule has 0 atom stereocenters. The first-order chi connectivity index (χ1) is 10.2. The van der Waals surface area contributed by atoms with Gasteiger partial charge in [-0.1, -0.05) is 23.7 Å². The molecule has 2 aromatic rings. The number of nitrogens with one attached hydrogen (secondary N) is 1. The number of nitriles is 1. The number of benzene rings is 2. The molecular weight excluding hydrogens is 288 g/mol. The third-order valence-electron chi connectivity index (χ3n) is 2.67. The Bertz CT molecular complexity index is 663. The molecule has 0 aromatic heterocycles. The van der Waals surface area contributed by atoms with Gasteiger partial charge in [0.1, 0.15) is 18.8 Å². The molecule has 2 aromatic carbocycles. The molecule has 0 spiro atoms. The minimum absolute atomic E-state index is 0.161. The van der Waals surface area contributed by atoms with E-state index < -0.39 is 0 Å². The highest BCUT2D eigenvalue weighted by molar-refractivity contribution is 6.30. The summed E-state index contributed by atoms with van der Waals surface area (Å²) in [5.74, 6) is 0.395. The van der Waals surface area contributed by atoms with E-state index in [-0.39, 0.29) is 12.3 Å². The number of carbonyl (C=O) groups excluding carboxylic acids is 1. The smallest absolute Gasteiger partial charge is 0.238 e. The van der Waals surface area contributed by atoms with Crippen LogP contribution >= 0.6 is 11.6 Å². The van der Waals surface area contributed by atoms with E-state index in [1.54, 1.807) is 36.4 Å². The van der Waals surface area contributed by atoms with Gasteiger partial charge in [-0.05, 0) is 42.0 Å². The fraction of sp³-hybridized carbons (Fsp3) is 0.125. The Morgan fingerprint density at radius 2 is 2.00 bits per heavy atom. The second kappa shape index (κ2) is 7.32. The van der Waals surface area contributed by atoms with Crippen LogP contribution in [-0.2, 0) is 11.4 Å². The van der Waals surface area contributed by atoms with Crippen molar-refractivity contribution in [1.82, 2.24) is 0 Å². The van der Waals surface area contributed by atoms with E-state index in [0.29, 0.717) is 17.3 Å². The third-order valence-corrected chi connectivity index (χ3v) is 2.92. The number of amides is 1. The normalized spacial score (nSPS) is 9.71. The number of halogens is 1. The molecule has 0 radical (unpaired) electrons. The summed E-state index contributed by atoms with van der Waals surface area (Å²) in [7, 11) is 0. The number of rotatable bonds is 5. The lowest BCUT2D eigenvalue weighted by Gasteiger charge is -2.08. The van der Waals surface area contributed by atoms with Crippen LogP contribution in [0.3, 0.4) is 0 Å². The molecule has 4 nitrogen and oxygen atoms in total. The van der Waals surface area contributed by atoms with Gasteiger partial charge in [0.15, 0.2) is 0 Å². The molecule has 0 aliphatic heterocycles. The van der Waals surface area contributed by atoms with Crippen molar-refractivity contribution in [3.63, 3.8) is 0 Å². The molecule has 1 amide bonds. The van der Waals surface area contributed by atoms with Crippen LogP contribution in [0.15, 0.2) is 48.5 Å². The highest BCUT2D eigenvalue weighted by atomic mass is 35.5. The first-order valence-electron chi connectivity index (χ1n) is 6.31. The van der Waals surface area contributed by atoms with Crippen molar-refractivity contribution in [2.75, 3.05) is 5.32 Å². The Balaban J connectivity index is 1.96. The van der Waals surface area contributed by atoms with E-state index >= 15 is 0 Å². The van der Waals surface area contributed by atoms with Gasteiger partial charge in [-0.15, -0.1) is 0 Å². The molecule has 0 heterocycles. The first kappa shape index (κ1) is 14.9. The van der Waals surface area contributed by atoms with E-state index in [4.69, 9.17) is 21.6 Å². The second-order valence-electron chi connectivity index (χ2n) is 4.33. The monoisotopic (exact) mass is 300 g/mol. The van der Waals surface area contributed by atoms with Gasteiger partial charge in [-0.3, -0.25) is 4.79 Å². The zero-order valence-electron chi connectivity index (χ0n) is 11.2. The summed E-state index contributed by atoms with van der Waals surface area (Å²) in [6.07, 6.45) is -0.161. The molecule has 0 bridgehead atoms. The van der Waals surface area contributed by atoms with Crippen LogP contribution in [0.2, 0.25) is 5.02 Å². The highest BCUT2D eigenvalue weighted by Crippen LogP contribution is 2.18. The zero-order valence-corrected chi connectivity index (χ0v) is 11.9. The van der Waals surface area contributed by atoms with Gasteiger partial charge in [-0.25, -0.2) is 0 Å². The standard InChI is InChI=1S/C16H13ClN2O2/c17-13-4-6-15(7-5-13)21-11-12-2-1-3-14(10-12)19-16(20)8-9-18/h1-7,10H,8,11H2,(H,19,20). The van der Waals surface area contributed by atoms with Gasteiger partial charge in [0.25, 0.3) is 0 Å². The first-order valence-corrected chi connectivity index (χ1v) is 6.69. The fourth-order valence-electron chi connectivity index (χ4n) is 1.71. The molecule has 0 aliphatic rings. The number of nitrogens with zero attached hydrogens (tertiary/aromatic N) is 1. The number of anilines is 1.